The predicted octanol–water partition coefficient (Wildman–Crippen LogP) is 3.78. The highest BCUT2D eigenvalue weighted by atomic mass is 35.5. The van der Waals surface area contributed by atoms with Gasteiger partial charge in [0.1, 0.15) is 5.60 Å². The first kappa shape index (κ1) is 24.9. The molecule has 7 nitrogen and oxygen atoms in total. The topological polar surface area (TPSA) is 68.3 Å². The first-order valence-electron chi connectivity index (χ1n) is 11.0. The zero-order valence-electron chi connectivity index (χ0n) is 20.3. The standard InChI is InChI=1S/C23H34BClN2O5/c1-15(28)26-9-10-27(20(29)30-21(2,3)4)19(14-26)16-11-17(13-18(25)12-16)24-31-22(5,6)23(7,8)32-24/h11-13,19H,9-10,14H2,1-8H3/t19-/m0/s1. The molecule has 2 aliphatic rings. The van der Waals surface area contributed by atoms with E-state index in [4.69, 9.17) is 25.6 Å². The molecule has 0 aliphatic carbocycles. The third-order valence-electron chi connectivity index (χ3n) is 6.31. The van der Waals surface area contributed by atoms with Gasteiger partial charge in [0.05, 0.1) is 17.2 Å². The van der Waals surface area contributed by atoms with Gasteiger partial charge in [-0.05, 0) is 71.6 Å². The molecule has 1 aromatic carbocycles. The van der Waals surface area contributed by atoms with Crippen LogP contribution >= 0.6 is 11.6 Å². The van der Waals surface area contributed by atoms with Gasteiger partial charge in [-0.1, -0.05) is 17.7 Å². The minimum absolute atomic E-state index is 0.0351. The van der Waals surface area contributed by atoms with Gasteiger partial charge in [-0.15, -0.1) is 0 Å². The summed E-state index contributed by atoms with van der Waals surface area (Å²) in [7, 11) is -0.583. The summed E-state index contributed by atoms with van der Waals surface area (Å²) in [5, 5.41) is 0.510. The second-order valence-electron chi connectivity index (χ2n) is 10.6. The fraction of sp³-hybridized carbons (Fsp3) is 0.652. The molecule has 32 heavy (non-hydrogen) atoms. The molecule has 2 heterocycles. The minimum Gasteiger partial charge on any atom is -0.444 e. The van der Waals surface area contributed by atoms with E-state index in [1.807, 2.05) is 66.7 Å². The summed E-state index contributed by atoms with van der Waals surface area (Å²) < 4.78 is 18.0. The Hall–Kier alpha value is -1.77. The molecule has 0 aromatic heterocycles. The van der Waals surface area contributed by atoms with E-state index >= 15 is 0 Å². The molecule has 0 unspecified atom stereocenters. The Balaban J connectivity index is 1.96. The SMILES string of the molecule is CC(=O)N1CCN(C(=O)OC(C)(C)C)[C@H](c2cc(Cl)cc(B3OC(C)(C)C(C)(C)O3)c2)C1. The van der Waals surface area contributed by atoms with E-state index in [0.29, 0.717) is 24.7 Å². The molecule has 0 bridgehead atoms. The highest BCUT2D eigenvalue weighted by molar-refractivity contribution is 6.62. The number of piperazine rings is 1. The Labute approximate surface area is 196 Å². The van der Waals surface area contributed by atoms with Gasteiger partial charge >= 0.3 is 13.2 Å². The molecule has 1 atom stereocenters. The van der Waals surface area contributed by atoms with Crippen molar-refractivity contribution >= 4 is 36.2 Å². The van der Waals surface area contributed by atoms with Gasteiger partial charge in [0.2, 0.25) is 5.91 Å². The van der Waals surface area contributed by atoms with E-state index in [2.05, 4.69) is 0 Å². The lowest BCUT2D eigenvalue weighted by molar-refractivity contribution is -0.131. The van der Waals surface area contributed by atoms with Crippen LogP contribution in [0.1, 0.15) is 67.0 Å². The van der Waals surface area contributed by atoms with Crippen molar-refractivity contribution in [2.75, 3.05) is 19.6 Å². The predicted molar refractivity (Wildman–Crippen MR) is 125 cm³/mol. The Morgan fingerprint density at radius 3 is 2.22 bits per heavy atom. The number of halogens is 1. The van der Waals surface area contributed by atoms with Crippen molar-refractivity contribution in [3.63, 3.8) is 0 Å². The van der Waals surface area contributed by atoms with Gasteiger partial charge in [-0.25, -0.2) is 4.79 Å². The minimum atomic E-state index is -0.623. The van der Waals surface area contributed by atoms with Crippen molar-refractivity contribution in [1.29, 1.82) is 0 Å². The molecule has 2 saturated heterocycles. The van der Waals surface area contributed by atoms with Crippen LogP contribution in [0, 0.1) is 0 Å². The van der Waals surface area contributed by atoms with Crippen molar-refractivity contribution in [3.8, 4) is 0 Å². The zero-order chi connectivity index (χ0) is 24.1. The van der Waals surface area contributed by atoms with Crippen molar-refractivity contribution in [3.05, 3.63) is 28.8 Å². The Kier molecular flexibility index (Phi) is 6.64. The molecule has 0 N–H and O–H groups in total. The third-order valence-corrected chi connectivity index (χ3v) is 6.52. The number of benzene rings is 1. The third kappa shape index (κ3) is 5.24. The molecule has 0 spiro atoms. The number of carbonyl (C=O) groups is 2. The molecule has 2 aliphatic heterocycles. The lowest BCUT2D eigenvalue weighted by atomic mass is 9.77. The average molecular weight is 465 g/mol. The number of nitrogens with zero attached hydrogens (tertiary/aromatic N) is 2. The van der Waals surface area contributed by atoms with Gasteiger partial charge in [0.15, 0.2) is 0 Å². The summed E-state index contributed by atoms with van der Waals surface area (Å²) in [5.74, 6) is -0.0351. The quantitative estimate of drug-likeness (QED) is 0.623. The molecular weight excluding hydrogens is 431 g/mol. The zero-order valence-corrected chi connectivity index (χ0v) is 21.1. The molecule has 2 amide bonds. The van der Waals surface area contributed by atoms with Gasteiger partial charge in [0.25, 0.3) is 0 Å². The number of hydrogen-bond acceptors (Lipinski definition) is 5. The highest BCUT2D eigenvalue weighted by Crippen LogP contribution is 2.37. The summed E-state index contributed by atoms with van der Waals surface area (Å²) in [5.41, 5.74) is -0.0197. The Bertz CT molecular complexity index is 883. The van der Waals surface area contributed by atoms with Crippen LogP contribution < -0.4 is 5.46 Å². The van der Waals surface area contributed by atoms with E-state index < -0.39 is 36.1 Å². The highest BCUT2D eigenvalue weighted by Gasteiger charge is 2.52. The summed E-state index contributed by atoms with van der Waals surface area (Å²) in [6.45, 7) is 16.2. The van der Waals surface area contributed by atoms with Gasteiger partial charge in [-0.2, -0.15) is 0 Å². The van der Waals surface area contributed by atoms with Crippen LogP contribution in [0.4, 0.5) is 4.79 Å². The maximum Gasteiger partial charge on any atom is 0.494 e. The van der Waals surface area contributed by atoms with Gasteiger partial charge in [0, 0.05) is 31.6 Å². The van der Waals surface area contributed by atoms with Gasteiger partial charge < -0.3 is 18.9 Å². The Morgan fingerprint density at radius 2 is 1.69 bits per heavy atom. The Morgan fingerprint density at radius 1 is 1.09 bits per heavy atom. The molecule has 3 rings (SSSR count). The van der Waals surface area contributed by atoms with E-state index in [9.17, 15) is 9.59 Å². The van der Waals surface area contributed by atoms with E-state index in [1.54, 1.807) is 9.80 Å². The van der Waals surface area contributed by atoms with Crippen LogP contribution in [0.3, 0.4) is 0 Å². The second kappa shape index (κ2) is 8.54. The number of rotatable bonds is 2. The fourth-order valence-electron chi connectivity index (χ4n) is 3.84. The van der Waals surface area contributed by atoms with Crippen LogP contribution in [-0.2, 0) is 18.8 Å². The van der Waals surface area contributed by atoms with Crippen LogP contribution in [0.2, 0.25) is 5.02 Å². The molecule has 176 valence electrons. The maximum atomic E-state index is 13.0. The number of ether oxygens (including phenoxy) is 1. The lowest BCUT2D eigenvalue weighted by Crippen LogP contribution is -2.53. The average Bonchev–Trinajstić information content (AvgIpc) is 2.86. The lowest BCUT2D eigenvalue weighted by Gasteiger charge is -2.41. The summed E-state index contributed by atoms with van der Waals surface area (Å²) >= 11 is 6.50. The van der Waals surface area contributed by atoms with Crippen LogP contribution in [0.5, 0.6) is 0 Å². The first-order chi connectivity index (χ1) is 14.6. The van der Waals surface area contributed by atoms with E-state index in [-0.39, 0.29) is 5.91 Å². The van der Waals surface area contributed by atoms with Crippen molar-refractivity contribution in [2.45, 2.75) is 78.2 Å². The van der Waals surface area contributed by atoms with Crippen LogP contribution in [0.15, 0.2) is 18.2 Å². The number of amides is 2. The molecule has 0 saturated carbocycles. The van der Waals surface area contributed by atoms with Crippen LogP contribution in [0.25, 0.3) is 0 Å². The van der Waals surface area contributed by atoms with E-state index in [0.717, 1.165) is 11.0 Å². The van der Waals surface area contributed by atoms with Crippen molar-refractivity contribution in [2.24, 2.45) is 0 Å². The first-order valence-corrected chi connectivity index (χ1v) is 11.4. The fourth-order valence-corrected chi connectivity index (χ4v) is 4.09. The molecule has 2 fully saturated rings. The smallest absolute Gasteiger partial charge is 0.444 e. The van der Waals surface area contributed by atoms with Gasteiger partial charge in [-0.3, -0.25) is 9.69 Å². The number of hydrogen-bond donors (Lipinski definition) is 0. The summed E-state index contributed by atoms with van der Waals surface area (Å²) in [6, 6.07) is 5.18. The normalized spacial score (nSPS) is 22.8. The second-order valence-corrected chi connectivity index (χ2v) is 11.0. The van der Waals surface area contributed by atoms with Crippen LogP contribution in [-0.4, -0.2) is 65.4 Å². The largest absolute Gasteiger partial charge is 0.494 e. The van der Waals surface area contributed by atoms with Crippen molar-refractivity contribution < 1.29 is 23.6 Å². The molecule has 9 heteroatoms. The summed E-state index contributed by atoms with van der Waals surface area (Å²) in [4.78, 5) is 28.5. The monoisotopic (exact) mass is 464 g/mol. The van der Waals surface area contributed by atoms with Crippen molar-refractivity contribution in [1.82, 2.24) is 9.80 Å². The van der Waals surface area contributed by atoms with E-state index in [1.165, 1.54) is 6.92 Å². The maximum absolute atomic E-state index is 13.0. The molecule has 0 radical (unpaired) electrons. The number of carbonyl (C=O) groups excluding carboxylic acids is 2. The molecular formula is C23H34BClN2O5. The molecule has 1 aromatic rings. The summed E-state index contributed by atoms with van der Waals surface area (Å²) in [6.07, 6.45) is -0.414.